The number of nitrogens with one attached hydrogen (secondary N) is 1. The molecule has 0 aliphatic carbocycles. The van der Waals surface area contributed by atoms with E-state index in [1.165, 1.54) is 20.9 Å². The molecule has 0 heterocycles. The van der Waals surface area contributed by atoms with Gasteiger partial charge in [-0.3, -0.25) is 0 Å². The van der Waals surface area contributed by atoms with Crippen LogP contribution in [0.4, 0.5) is 10.5 Å². The fourth-order valence-electron chi connectivity index (χ4n) is 1.29. The second-order valence-electron chi connectivity index (χ2n) is 4.58. The third-order valence-corrected chi connectivity index (χ3v) is 2.95. The van der Waals surface area contributed by atoms with Crippen molar-refractivity contribution in [2.24, 2.45) is 0 Å². The minimum Gasteiger partial charge on any atom is -0.480 e. The van der Waals surface area contributed by atoms with E-state index < -0.39 is 17.5 Å². The van der Waals surface area contributed by atoms with Crippen molar-refractivity contribution in [1.82, 2.24) is 4.90 Å². The number of likely N-dealkylation sites (N-methyl/N-ethyl adjacent to an activating group) is 1. The topological polar surface area (TPSA) is 69.6 Å². The van der Waals surface area contributed by atoms with Crippen molar-refractivity contribution in [2.75, 3.05) is 12.4 Å². The number of anilines is 1. The molecular formula is C14H16N2O3. The highest BCUT2D eigenvalue weighted by Gasteiger charge is 2.35. The molecule has 5 heteroatoms. The number of carbonyl (C=O) groups excluding carboxylic acids is 1. The van der Waals surface area contributed by atoms with E-state index in [4.69, 9.17) is 11.5 Å². The molecule has 2 N–H and O–H groups in total. The molecule has 0 atom stereocenters. The van der Waals surface area contributed by atoms with Gasteiger partial charge >= 0.3 is 12.0 Å². The van der Waals surface area contributed by atoms with Crippen LogP contribution >= 0.6 is 0 Å². The van der Waals surface area contributed by atoms with Gasteiger partial charge < -0.3 is 15.3 Å². The van der Waals surface area contributed by atoms with Crippen LogP contribution in [0.15, 0.2) is 24.3 Å². The van der Waals surface area contributed by atoms with Gasteiger partial charge in [0.2, 0.25) is 0 Å². The number of rotatable bonds is 3. The quantitative estimate of drug-likeness (QED) is 0.817. The molecule has 1 aromatic carbocycles. The SMILES string of the molecule is C#Cc1cccc(NC(=O)N(C)C(C)(C)C(=O)O)c1. The molecule has 0 spiro atoms. The van der Waals surface area contributed by atoms with Crippen LogP contribution < -0.4 is 5.32 Å². The molecule has 0 bridgehead atoms. The average Bonchev–Trinajstić information content (AvgIpc) is 2.37. The van der Waals surface area contributed by atoms with Crippen LogP contribution in [0.5, 0.6) is 0 Å². The van der Waals surface area contributed by atoms with E-state index in [2.05, 4.69) is 11.2 Å². The molecule has 0 unspecified atom stereocenters. The van der Waals surface area contributed by atoms with Crippen molar-refractivity contribution in [3.63, 3.8) is 0 Å². The molecule has 2 amide bonds. The monoisotopic (exact) mass is 260 g/mol. The summed E-state index contributed by atoms with van der Waals surface area (Å²) < 4.78 is 0. The molecule has 5 nitrogen and oxygen atoms in total. The van der Waals surface area contributed by atoms with E-state index >= 15 is 0 Å². The van der Waals surface area contributed by atoms with Crippen LogP contribution in [-0.2, 0) is 4.79 Å². The van der Waals surface area contributed by atoms with Gasteiger partial charge in [0.1, 0.15) is 5.54 Å². The Kier molecular flexibility index (Phi) is 4.18. The second kappa shape index (κ2) is 5.44. The average molecular weight is 260 g/mol. The van der Waals surface area contributed by atoms with Crippen LogP contribution in [0.25, 0.3) is 0 Å². The Morgan fingerprint density at radius 1 is 1.42 bits per heavy atom. The molecular weight excluding hydrogens is 244 g/mol. The van der Waals surface area contributed by atoms with Gasteiger partial charge in [0.25, 0.3) is 0 Å². The molecule has 0 aliphatic heterocycles. The van der Waals surface area contributed by atoms with Gasteiger partial charge in [0.15, 0.2) is 0 Å². The standard InChI is InChI=1S/C14H16N2O3/c1-5-10-7-6-8-11(9-10)15-13(19)16(4)14(2,3)12(17)18/h1,6-9H,2-4H3,(H,15,19)(H,17,18). The maximum absolute atomic E-state index is 12.0. The van der Waals surface area contributed by atoms with Gasteiger partial charge in [-0.1, -0.05) is 12.0 Å². The maximum Gasteiger partial charge on any atom is 0.329 e. The highest BCUT2D eigenvalue weighted by Crippen LogP contribution is 2.16. The lowest BCUT2D eigenvalue weighted by molar-refractivity contribution is -0.146. The molecule has 0 aliphatic rings. The largest absolute Gasteiger partial charge is 0.480 e. The van der Waals surface area contributed by atoms with Crippen molar-refractivity contribution in [3.05, 3.63) is 29.8 Å². The van der Waals surface area contributed by atoms with Crippen molar-refractivity contribution in [1.29, 1.82) is 0 Å². The molecule has 19 heavy (non-hydrogen) atoms. The second-order valence-corrected chi connectivity index (χ2v) is 4.58. The Bertz CT molecular complexity index is 544. The first kappa shape index (κ1) is 14.6. The Morgan fingerprint density at radius 3 is 2.58 bits per heavy atom. The number of terminal acetylenes is 1. The third kappa shape index (κ3) is 3.26. The van der Waals surface area contributed by atoms with Gasteiger partial charge in [0.05, 0.1) is 0 Å². The first-order chi connectivity index (χ1) is 8.78. The van der Waals surface area contributed by atoms with E-state index in [0.29, 0.717) is 11.3 Å². The van der Waals surface area contributed by atoms with Crippen LogP contribution in [0.1, 0.15) is 19.4 Å². The summed E-state index contributed by atoms with van der Waals surface area (Å²) in [7, 11) is 1.43. The molecule has 0 saturated heterocycles. The number of carbonyl (C=O) groups is 2. The van der Waals surface area contributed by atoms with Gasteiger partial charge in [-0.15, -0.1) is 6.42 Å². The number of carboxylic acids is 1. The number of benzene rings is 1. The fourth-order valence-corrected chi connectivity index (χ4v) is 1.29. The van der Waals surface area contributed by atoms with Crippen molar-refractivity contribution in [3.8, 4) is 12.3 Å². The zero-order valence-electron chi connectivity index (χ0n) is 11.1. The van der Waals surface area contributed by atoms with Crippen LogP contribution in [0.2, 0.25) is 0 Å². The Labute approximate surface area is 112 Å². The summed E-state index contributed by atoms with van der Waals surface area (Å²) in [4.78, 5) is 24.2. The summed E-state index contributed by atoms with van der Waals surface area (Å²) in [5, 5.41) is 11.7. The Morgan fingerprint density at radius 2 is 2.05 bits per heavy atom. The highest BCUT2D eigenvalue weighted by atomic mass is 16.4. The summed E-state index contributed by atoms with van der Waals surface area (Å²) in [6.45, 7) is 2.90. The molecule has 100 valence electrons. The molecule has 1 rings (SSSR count). The summed E-state index contributed by atoms with van der Waals surface area (Å²) in [5.74, 6) is 1.38. The van der Waals surface area contributed by atoms with E-state index in [1.54, 1.807) is 24.3 Å². The van der Waals surface area contributed by atoms with Crippen LogP contribution in [0, 0.1) is 12.3 Å². The maximum atomic E-state index is 12.0. The molecule has 0 saturated carbocycles. The summed E-state index contributed by atoms with van der Waals surface area (Å²) >= 11 is 0. The number of aliphatic carboxylic acids is 1. The lowest BCUT2D eigenvalue weighted by atomic mass is 10.1. The fraction of sp³-hybridized carbons (Fsp3) is 0.286. The number of hydrogen-bond acceptors (Lipinski definition) is 2. The number of carboxylic acid groups (broad SMARTS) is 1. The van der Waals surface area contributed by atoms with Gasteiger partial charge in [-0.25, -0.2) is 9.59 Å². The van der Waals surface area contributed by atoms with Gasteiger partial charge in [-0.05, 0) is 32.0 Å². The minimum atomic E-state index is -1.30. The molecule has 0 fully saturated rings. The van der Waals surface area contributed by atoms with Crippen LogP contribution in [0.3, 0.4) is 0 Å². The smallest absolute Gasteiger partial charge is 0.329 e. The van der Waals surface area contributed by atoms with E-state index in [9.17, 15) is 9.59 Å². The third-order valence-electron chi connectivity index (χ3n) is 2.95. The predicted octanol–water partition coefficient (Wildman–Crippen LogP) is 1.99. The molecule has 0 aromatic heterocycles. The summed E-state index contributed by atoms with van der Waals surface area (Å²) in [6, 6.07) is 6.26. The van der Waals surface area contributed by atoms with Crippen molar-refractivity contribution < 1.29 is 14.7 Å². The minimum absolute atomic E-state index is 0.512. The molecule has 0 radical (unpaired) electrons. The summed E-state index contributed by atoms with van der Waals surface area (Å²) in [6.07, 6.45) is 5.27. The lowest BCUT2D eigenvalue weighted by Gasteiger charge is -2.31. The number of urea groups is 1. The van der Waals surface area contributed by atoms with Gasteiger partial charge in [-0.2, -0.15) is 0 Å². The lowest BCUT2D eigenvalue weighted by Crippen LogP contribution is -2.52. The van der Waals surface area contributed by atoms with E-state index in [-0.39, 0.29) is 0 Å². The van der Waals surface area contributed by atoms with Crippen LogP contribution in [-0.4, -0.2) is 34.6 Å². The number of nitrogens with zero attached hydrogens (tertiary/aromatic N) is 1. The Balaban J connectivity index is 2.85. The zero-order valence-corrected chi connectivity index (χ0v) is 11.1. The normalized spacial score (nSPS) is 10.4. The summed E-state index contributed by atoms with van der Waals surface area (Å²) in [5.41, 5.74) is -0.139. The predicted molar refractivity (Wildman–Crippen MR) is 72.9 cm³/mol. The van der Waals surface area contributed by atoms with Gasteiger partial charge in [0, 0.05) is 18.3 Å². The zero-order chi connectivity index (χ0) is 14.6. The molecule has 1 aromatic rings. The Hall–Kier alpha value is -2.48. The van der Waals surface area contributed by atoms with Crippen molar-refractivity contribution in [2.45, 2.75) is 19.4 Å². The van der Waals surface area contributed by atoms with Crippen molar-refractivity contribution >= 4 is 17.7 Å². The number of amides is 2. The first-order valence-corrected chi connectivity index (χ1v) is 5.64. The van der Waals surface area contributed by atoms with E-state index in [0.717, 1.165) is 4.90 Å². The highest BCUT2D eigenvalue weighted by molar-refractivity contribution is 5.93. The first-order valence-electron chi connectivity index (χ1n) is 5.64. The number of hydrogen-bond donors (Lipinski definition) is 2. The van der Waals surface area contributed by atoms with E-state index in [1.807, 2.05) is 0 Å².